The lowest BCUT2D eigenvalue weighted by molar-refractivity contribution is -0.388. The van der Waals surface area contributed by atoms with Gasteiger partial charge in [0.2, 0.25) is 0 Å². The molecular formula is C17H24F3N3O3. The molecule has 0 bridgehead atoms. The van der Waals surface area contributed by atoms with Crippen molar-refractivity contribution in [2.45, 2.75) is 51.6 Å². The molecule has 2 atom stereocenters. The Morgan fingerprint density at radius 1 is 1.27 bits per heavy atom. The smallest absolute Gasteiger partial charge is 0.383 e. The third kappa shape index (κ3) is 4.85. The number of alkyl halides is 3. The van der Waals surface area contributed by atoms with Crippen LogP contribution < -0.4 is 5.32 Å². The molecule has 1 fully saturated rings. The minimum atomic E-state index is -4.79. The lowest BCUT2D eigenvalue weighted by Crippen LogP contribution is -2.57. The Kier molecular flexibility index (Phi) is 5.82. The molecule has 9 heteroatoms. The molecule has 2 rings (SSSR count). The first-order chi connectivity index (χ1) is 11.9. The molecule has 1 aliphatic rings. The van der Waals surface area contributed by atoms with Crippen LogP contribution in [0.5, 0.6) is 0 Å². The minimum absolute atomic E-state index is 0.0780. The highest BCUT2D eigenvalue weighted by atomic mass is 19.4. The molecule has 1 aliphatic heterocycles. The maximum atomic E-state index is 13.1. The number of nitrogens with zero attached hydrogens (tertiary/aromatic N) is 2. The molecule has 1 heterocycles. The van der Waals surface area contributed by atoms with Gasteiger partial charge >= 0.3 is 6.18 Å². The van der Waals surface area contributed by atoms with Gasteiger partial charge in [-0.05, 0) is 39.8 Å². The normalized spacial score (nSPS) is 22.3. The molecule has 0 spiro atoms. The van der Waals surface area contributed by atoms with Crippen LogP contribution in [0.15, 0.2) is 18.2 Å². The molecular weight excluding hydrogens is 351 g/mol. The third-order valence-corrected chi connectivity index (χ3v) is 4.50. The van der Waals surface area contributed by atoms with E-state index >= 15 is 0 Å². The van der Waals surface area contributed by atoms with Crippen molar-refractivity contribution >= 4 is 11.4 Å². The van der Waals surface area contributed by atoms with E-state index in [0.29, 0.717) is 6.54 Å². The van der Waals surface area contributed by atoms with Gasteiger partial charge in [0.05, 0.1) is 17.1 Å². The number of hydrogen-bond donors (Lipinski definition) is 1. The fourth-order valence-corrected chi connectivity index (χ4v) is 3.13. The van der Waals surface area contributed by atoms with E-state index in [-0.39, 0.29) is 23.4 Å². The van der Waals surface area contributed by atoms with Gasteiger partial charge in [-0.25, -0.2) is 0 Å². The minimum Gasteiger partial charge on any atom is -0.383 e. The quantitative estimate of drug-likeness (QED) is 0.624. The van der Waals surface area contributed by atoms with Gasteiger partial charge in [-0.2, -0.15) is 13.2 Å². The second kappa shape index (κ2) is 7.40. The fraction of sp³-hybridized carbons (Fsp3) is 0.647. The van der Waals surface area contributed by atoms with Crippen LogP contribution in [0.4, 0.5) is 24.5 Å². The molecule has 0 aliphatic carbocycles. The van der Waals surface area contributed by atoms with E-state index in [9.17, 15) is 23.3 Å². The van der Waals surface area contributed by atoms with E-state index in [1.807, 2.05) is 27.7 Å². The summed E-state index contributed by atoms with van der Waals surface area (Å²) in [5, 5.41) is 13.8. The molecule has 1 aromatic rings. The summed E-state index contributed by atoms with van der Waals surface area (Å²) < 4.78 is 45.0. The van der Waals surface area contributed by atoms with E-state index in [0.717, 1.165) is 25.2 Å². The van der Waals surface area contributed by atoms with Gasteiger partial charge in [0, 0.05) is 36.9 Å². The average Bonchev–Trinajstić information content (AvgIpc) is 2.51. The summed E-state index contributed by atoms with van der Waals surface area (Å²) in [6.45, 7) is 9.82. The third-order valence-electron chi connectivity index (χ3n) is 4.50. The van der Waals surface area contributed by atoms with Gasteiger partial charge in [0.1, 0.15) is 5.56 Å². The molecule has 146 valence electrons. The number of ether oxygens (including phenoxy) is 1. The Morgan fingerprint density at radius 3 is 2.35 bits per heavy atom. The topological polar surface area (TPSA) is 67.6 Å². The molecule has 2 unspecified atom stereocenters. The highest BCUT2D eigenvalue weighted by Crippen LogP contribution is 2.37. The average molecular weight is 375 g/mol. The Balaban J connectivity index is 2.14. The maximum absolute atomic E-state index is 13.1. The van der Waals surface area contributed by atoms with Crippen molar-refractivity contribution in [1.29, 1.82) is 0 Å². The largest absolute Gasteiger partial charge is 0.423 e. The van der Waals surface area contributed by atoms with Gasteiger partial charge in [0.15, 0.2) is 0 Å². The second-order valence-corrected chi connectivity index (χ2v) is 7.32. The van der Waals surface area contributed by atoms with Crippen molar-refractivity contribution in [3.05, 3.63) is 33.9 Å². The van der Waals surface area contributed by atoms with E-state index in [4.69, 9.17) is 4.74 Å². The number of nitro benzene ring substituents is 1. The van der Waals surface area contributed by atoms with Crippen LogP contribution in [0.1, 0.15) is 33.3 Å². The SMILES string of the molecule is CC1CN(C(C)(C)CNc2ccc([N+](=O)[O-])c(C(F)(F)F)c2)CC(C)O1. The zero-order chi connectivity index (χ0) is 19.7. The molecule has 1 N–H and O–H groups in total. The monoisotopic (exact) mass is 375 g/mol. The first kappa shape index (κ1) is 20.4. The predicted octanol–water partition coefficient (Wildman–Crippen LogP) is 3.91. The fourth-order valence-electron chi connectivity index (χ4n) is 3.13. The number of hydrogen-bond acceptors (Lipinski definition) is 5. The molecule has 0 saturated carbocycles. The van der Waals surface area contributed by atoms with Gasteiger partial charge in [-0.1, -0.05) is 0 Å². The molecule has 26 heavy (non-hydrogen) atoms. The first-order valence-electron chi connectivity index (χ1n) is 8.40. The first-order valence-corrected chi connectivity index (χ1v) is 8.40. The van der Waals surface area contributed by atoms with Crippen molar-refractivity contribution in [1.82, 2.24) is 4.90 Å². The Bertz CT molecular complexity index is 654. The number of nitro groups is 1. The zero-order valence-corrected chi connectivity index (χ0v) is 15.3. The van der Waals surface area contributed by atoms with Crippen LogP contribution in [-0.2, 0) is 10.9 Å². The van der Waals surface area contributed by atoms with Crippen LogP contribution in [0.25, 0.3) is 0 Å². The summed E-state index contributed by atoms with van der Waals surface area (Å²) in [5.74, 6) is 0. The van der Waals surface area contributed by atoms with E-state index in [2.05, 4.69) is 10.2 Å². The van der Waals surface area contributed by atoms with Crippen molar-refractivity contribution < 1.29 is 22.8 Å². The van der Waals surface area contributed by atoms with Crippen LogP contribution in [0.2, 0.25) is 0 Å². The molecule has 6 nitrogen and oxygen atoms in total. The number of nitrogens with one attached hydrogen (secondary N) is 1. The van der Waals surface area contributed by atoms with Gasteiger partial charge in [0.25, 0.3) is 5.69 Å². The van der Waals surface area contributed by atoms with E-state index in [1.165, 1.54) is 6.07 Å². The Hall–Kier alpha value is -1.87. The lowest BCUT2D eigenvalue weighted by atomic mass is 9.99. The summed E-state index contributed by atoms with van der Waals surface area (Å²) in [6.07, 6.45) is -4.63. The lowest BCUT2D eigenvalue weighted by Gasteiger charge is -2.45. The number of morpholine rings is 1. The van der Waals surface area contributed by atoms with Gasteiger partial charge in [-0.3, -0.25) is 15.0 Å². The van der Waals surface area contributed by atoms with Crippen LogP contribution >= 0.6 is 0 Å². The predicted molar refractivity (Wildman–Crippen MR) is 92.2 cm³/mol. The van der Waals surface area contributed by atoms with Gasteiger partial charge < -0.3 is 10.1 Å². The second-order valence-electron chi connectivity index (χ2n) is 7.32. The summed E-state index contributed by atoms with van der Waals surface area (Å²) in [6, 6.07) is 2.98. The molecule has 0 aromatic heterocycles. The standard InChI is InChI=1S/C17H24F3N3O3/c1-11-8-22(9-12(2)26-11)16(3,4)10-21-13-5-6-15(23(24)25)14(7-13)17(18,19)20/h5-7,11-12,21H,8-10H2,1-4H3. The van der Waals surface area contributed by atoms with Crippen LogP contribution in [0.3, 0.4) is 0 Å². The highest BCUT2D eigenvalue weighted by Gasteiger charge is 2.39. The summed E-state index contributed by atoms with van der Waals surface area (Å²) in [4.78, 5) is 12.0. The van der Waals surface area contributed by atoms with Crippen molar-refractivity contribution in [3.8, 4) is 0 Å². The van der Waals surface area contributed by atoms with Crippen LogP contribution in [0, 0.1) is 10.1 Å². The molecule has 1 saturated heterocycles. The summed E-state index contributed by atoms with van der Waals surface area (Å²) in [7, 11) is 0. The number of rotatable bonds is 5. The van der Waals surface area contributed by atoms with E-state index < -0.39 is 22.4 Å². The van der Waals surface area contributed by atoms with Gasteiger partial charge in [-0.15, -0.1) is 0 Å². The van der Waals surface area contributed by atoms with Crippen molar-refractivity contribution in [3.63, 3.8) is 0 Å². The molecule has 1 aromatic carbocycles. The Labute approximate surface area is 150 Å². The number of benzene rings is 1. The van der Waals surface area contributed by atoms with Crippen molar-refractivity contribution in [2.75, 3.05) is 25.0 Å². The highest BCUT2D eigenvalue weighted by molar-refractivity contribution is 5.55. The summed E-state index contributed by atoms with van der Waals surface area (Å²) in [5.41, 5.74) is -2.32. The Morgan fingerprint density at radius 2 is 1.85 bits per heavy atom. The van der Waals surface area contributed by atoms with Crippen molar-refractivity contribution in [2.24, 2.45) is 0 Å². The maximum Gasteiger partial charge on any atom is 0.423 e. The number of anilines is 1. The molecule has 0 amide bonds. The zero-order valence-electron chi connectivity index (χ0n) is 15.3. The van der Waals surface area contributed by atoms with Crippen LogP contribution in [-0.4, -0.2) is 47.2 Å². The molecule has 0 radical (unpaired) electrons. The summed E-state index contributed by atoms with van der Waals surface area (Å²) >= 11 is 0. The number of halogens is 3. The van der Waals surface area contributed by atoms with E-state index in [1.54, 1.807) is 0 Å².